The maximum absolute atomic E-state index is 12.0. The fourth-order valence-electron chi connectivity index (χ4n) is 2.38. The molecule has 0 unspecified atom stereocenters. The highest BCUT2D eigenvalue weighted by Gasteiger charge is 2.15. The van der Waals surface area contributed by atoms with E-state index in [-0.39, 0.29) is 18.3 Å². The standard InChI is InChI=1S/C19H19N3O4/c1-14-5-2-3-6-15(14)11-20-18(23)13-25-19(24)17-8-7-16(26-17)12-22-10-4-9-21-22/h2-10H,11-13H2,1H3,(H,20,23). The lowest BCUT2D eigenvalue weighted by atomic mass is 10.1. The van der Waals surface area contributed by atoms with E-state index in [1.165, 1.54) is 6.07 Å². The first kappa shape index (κ1) is 17.5. The number of hydrogen-bond acceptors (Lipinski definition) is 5. The van der Waals surface area contributed by atoms with Gasteiger partial charge in [-0.3, -0.25) is 9.48 Å². The molecular formula is C19H19N3O4. The second-order valence-corrected chi connectivity index (χ2v) is 5.75. The molecule has 1 aromatic carbocycles. The summed E-state index contributed by atoms with van der Waals surface area (Å²) in [7, 11) is 0. The number of aromatic nitrogens is 2. The van der Waals surface area contributed by atoms with Crippen molar-refractivity contribution in [3.63, 3.8) is 0 Å². The molecule has 3 aromatic rings. The minimum Gasteiger partial charge on any atom is -0.452 e. The van der Waals surface area contributed by atoms with Crippen LogP contribution in [0.1, 0.15) is 27.4 Å². The van der Waals surface area contributed by atoms with Crippen molar-refractivity contribution in [1.82, 2.24) is 15.1 Å². The number of hydrogen-bond donors (Lipinski definition) is 1. The number of aryl methyl sites for hydroxylation is 1. The van der Waals surface area contributed by atoms with Gasteiger partial charge in [-0.15, -0.1) is 0 Å². The highest BCUT2D eigenvalue weighted by Crippen LogP contribution is 2.11. The highest BCUT2D eigenvalue weighted by atomic mass is 16.5. The first-order valence-electron chi connectivity index (χ1n) is 8.16. The summed E-state index contributed by atoms with van der Waals surface area (Å²) in [4.78, 5) is 23.8. The van der Waals surface area contributed by atoms with Crippen molar-refractivity contribution in [2.75, 3.05) is 6.61 Å². The Balaban J connectivity index is 1.45. The van der Waals surface area contributed by atoms with E-state index in [0.717, 1.165) is 11.1 Å². The molecule has 0 fully saturated rings. The Morgan fingerprint density at radius 1 is 1.19 bits per heavy atom. The maximum Gasteiger partial charge on any atom is 0.374 e. The van der Waals surface area contributed by atoms with Gasteiger partial charge in [-0.25, -0.2) is 4.79 Å². The Bertz CT molecular complexity index is 884. The summed E-state index contributed by atoms with van der Waals surface area (Å²) in [6.07, 6.45) is 3.45. The Kier molecular flexibility index (Phi) is 5.48. The molecule has 0 atom stereocenters. The topological polar surface area (TPSA) is 86.4 Å². The van der Waals surface area contributed by atoms with Crippen molar-refractivity contribution in [3.8, 4) is 0 Å². The molecule has 2 aromatic heterocycles. The number of carbonyl (C=O) groups is 2. The Morgan fingerprint density at radius 2 is 2.04 bits per heavy atom. The van der Waals surface area contributed by atoms with Crippen LogP contribution in [0.25, 0.3) is 0 Å². The van der Waals surface area contributed by atoms with Crippen LogP contribution in [0.2, 0.25) is 0 Å². The number of ether oxygens (including phenoxy) is 1. The quantitative estimate of drug-likeness (QED) is 0.659. The van der Waals surface area contributed by atoms with Gasteiger partial charge in [0.15, 0.2) is 6.61 Å². The van der Waals surface area contributed by atoms with Gasteiger partial charge in [0.1, 0.15) is 5.76 Å². The molecule has 134 valence electrons. The molecule has 0 saturated carbocycles. The van der Waals surface area contributed by atoms with E-state index in [1.54, 1.807) is 29.2 Å². The number of furan rings is 1. The van der Waals surface area contributed by atoms with Crippen molar-refractivity contribution in [3.05, 3.63) is 77.5 Å². The largest absolute Gasteiger partial charge is 0.452 e. The lowest BCUT2D eigenvalue weighted by molar-refractivity contribution is -0.124. The Labute approximate surface area is 150 Å². The Hall–Kier alpha value is -3.35. The summed E-state index contributed by atoms with van der Waals surface area (Å²) < 4.78 is 12.1. The van der Waals surface area contributed by atoms with Gasteiger partial charge in [0, 0.05) is 18.9 Å². The zero-order valence-electron chi connectivity index (χ0n) is 14.3. The van der Waals surface area contributed by atoms with Crippen LogP contribution >= 0.6 is 0 Å². The normalized spacial score (nSPS) is 10.5. The maximum atomic E-state index is 12.0. The second-order valence-electron chi connectivity index (χ2n) is 5.75. The summed E-state index contributed by atoms with van der Waals surface area (Å²) in [5, 5.41) is 6.79. The smallest absolute Gasteiger partial charge is 0.374 e. The van der Waals surface area contributed by atoms with E-state index < -0.39 is 5.97 Å². The second kappa shape index (κ2) is 8.15. The zero-order chi connectivity index (χ0) is 18.4. The summed E-state index contributed by atoms with van der Waals surface area (Å²) in [6.45, 7) is 2.41. The van der Waals surface area contributed by atoms with Gasteiger partial charge >= 0.3 is 5.97 Å². The van der Waals surface area contributed by atoms with Gasteiger partial charge < -0.3 is 14.5 Å². The van der Waals surface area contributed by atoms with Crippen LogP contribution in [-0.4, -0.2) is 28.3 Å². The van der Waals surface area contributed by atoms with Crippen molar-refractivity contribution < 1.29 is 18.7 Å². The third-order valence-corrected chi connectivity index (χ3v) is 3.81. The van der Waals surface area contributed by atoms with Gasteiger partial charge in [0.25, 0.3) is 5.91 Å². The van der Waals surface area contributed by atoms with E-state index in [4.69, 9.17) is 9.15 Å². The molecule has 0 aliphatic heterocycles. The lowest BCUT2D eigenvalue weighted by Crippen LogP contribution is -2.28. The molecule has 0 radical (unpaired) electrons. The first-order valence-corrected chi connectivity index (χ1v) is 8.16. The van der Waals surface area contributed by atoms with Gasteiger partial charge in [0.05, 0.1) is 6.54 Å². The van der Waals surface area contributed by atoms with Gasteiger partial charge in [0.2, 0.25) is 5.76 Å². The van der Waals surface area contributed by atoms with Crippen LogP contribution in [0.4, 0.5) is 0 Å². The van der Waals surface area contributed by atoms with Crippen molar-refractivity contribution in [2.45, 2.75) is 20.0 Å². The van der Waals surface area contributed by atoms with Crippen molar-refractivity contribution in [2.24, 2.45) is 0 Å². The first-order chi connectivity index (χ1) is 12.6. The molecule has 0 bridgehead atoms. The summed E-state index contributed by atoms with van der Waals surface area (Å²) in [5.74, 6) is -0.420. The third kappa shape index (κ3) is 4.60. The molecule has 0 saturated heterocycles. The van der Waals surface area contributed by atoms with Crippen LogP contribution in [0.3, 0.4) is 0 Å². The molecule has 0 aliphatic carbocycles. The van der Waals surface area contributed by atoms with Crippen molar-refractivity contribution >= 4 is 11.9 Å². The fourth-order valence-corrected chi connectivity index (χ4v) is 2.38. The van der Waals surface area contributed by atoms with Gasteiger partial charge in [-0.1, -0.05) is 24.3 Å². The number of amides is 1. The minimum absolute atomic E-state index is 0.0545. The van der Waals surface area contributed by atoms with E-state index in [0.29, 0.717) is 18.8 Å². The molecule has 1 amide bonds. The molecule has 0 spiro atoms. The van der Waals surface area contributed by atoms with Crippen LogP contribution < -0.4 is 5.32 Å². The molecule has 7 heteroatoms. The number of rotatable bonds is 7. The number of benzene rings is 1. The lowest BCUT2D eigenvalue weighted by Gasteiger charge is -2.08. The molecule has 0 aliphatic rings. The monoisotopic (exact) mass is 353 g/mol. The number of nitrogens with one attached hydrogen (secondary N) is 1. The average Bonchev–Trinajstić information content (AvgIpc) is 3.31. The van der Waals surface area contributed by atoms with E-state index in [9.17, 15) is 9.59 Å². The predicted octanol–water partition coefficient (Wildman–Crippen LogP) is 2.31. The number of carbonyl (C=O) groups excluding carboxylic acids is 2. The number of esters is 1. The fraction of sp³-hybridized carbons (Fsp3) is 0.211. The van der Waals surface area contributed by atoms with Gasteiger partial charge in [-0.05, 0) is 36.2 Å². The average molecular weight is 353 g/mol. The molecular weight excluding hydrogens is 334 g/mol. The Morgan fingerprint density at radius 3 is 2.81 bits per heavy atom. The molecule has 26 heavy (non-hydrogen) atoms. The zero-order valence-corrected chi connectivity index (χ0v) is 14.3. The molecule has 2 heterocycles. The van der Waals surface area contributed by atoms with Crippen LogP contribution in [0.5, 0.6) is 0 Å². The molecule has 1 N–H and O–H groups in total. The third-order valence-electron chi connectivity index (χ3n) is 3.81. The van der Waals surface area contributed by atoms with Crippen LogP contribution in [0, 0.1) is 6.92 Å². The molecule has 7 nitrogen and oxygen atoms in total. The highest BCUT2D eigenvalue weighted by molar-refractivity contribution is 5.88. The number of nitrogens with zero attached hydrogens (tertiary/aromatic N) is 2. The van der Waals surface area contributed by atoms with Crippen LogP contribution in [0.15, 0.2) is 59.3 Å². The SMILES string of the molecule is Cc1ccccc1CNC(=O)COC(=O)c1ccc(Cn2cccn2)o1. The molecule has 3 rings (SSSR count). The van der Waals surface area contributed by atoms with Crippen LogP contribution in [-0.2, 0) is 22.6 Å². The van der Waals surface area contributed by atoms with Crippen molar-refractivity contribution in [1.29, 1.82) is 0 Å². The van der Waals surface area contributed by atoms with E-state index in [2.05, 4.69) is 10.4 Å². The minimum atomic E-state index is -0.678. The predicted molar refractivity (Wildman–Crippen MR) is 93.3 cm³/mol. The van der Waals surface area contributed by atoms with E-state index in [1.807, 2.05) is 31.2 Å². The summed E-state index contributed by atoms with van der Waals surface area (Å²) in [6, 6.07) is 12.8. The van der Waals surface area contributed by atoms with Gasteiger partial charge in [-0.2, -0.15) is 5.10 Å². The summed E-state index contributed by atoms with van der Waals surface area (Å²) in [5.41, 5.74) is 2.10. The summed E-state index contributed by atoms with van der Waals surface area (Å²) >= 11 is 0. The van der Waals surface area contributed by atoms with E-state index >= 15 is 0 Å².